The first-order valence-corrected chi connectivity index (χ1v) is 6.05. The van der Waals surface area contributed by atoms with Crippen molar-refractivity contribution in [3.8, 4) is 0 Å². The Bertz CT molecular complexity index is 649. The number of anilines is 2. The number of halogens is 2. The van der Waals surface area contributed by atoms with E-state index in [-0.39, 0.29) is 17.1 Å². The van der Waals surface area contributed by atoms with E-state index in [1.165, 1.54) is 18.3 Å². The van der Waals surface area contributed by atoms with Crippen LogP contribution < -0.4 is 5.32 Å². The Kier molecular flexibility index (Phi) is 3.75. The van der Waals surface area contributed by atoms with Crippen molar-refractivity contribution >= 4 is 33.4 Å². The molecular formula is C12H9BrFN3O2. The highest BCUT2D eigenvalue weighted by Gasteiger charge is 2.14. The van der Waals surface area contributed by atoms with Crippen LogP contribution in [0.3, 0.4) is 0 Å². The average Bonchev–Trinajstić information content (AvgIpc) is 2.33. The number of aromatic carboxylic acids is 1. The van der Waals surface area contributed by atoms with Crippen molar-refractivity contribution in [1.82, 2.24) is 9.97 Å². The van der Waals surface area contributed by atoms with Crippen LogP contribution in [0.25, 0.3) is 0 Å². The number of hydrogen-bond donors (Lipinski definition) is 2. The monoisotopic (exact) mass is 325 g/mol. The van der Waals surface area contributed by atoms with Gasteiger partial charge < -0.3 is 10.4 Å². The summed E-state index contributed by atoms with van der Waals surface area (Å²) in [6.07, 6.45) is 1.18. The number of aryl methyl sites for hydroxylation is 1. The van der Waals surface area contributed by atoms with E-state index >= 15 is 0 Å². The van der Waals surface area contributed by atoms with Crippen LogP contribution in [0.5, 0.6) is 0 Å². The maximum Gasteiger partial charge on any atom is 0.341 e. The highest BCUT2D eigenvalue weighted by atomic mass is 79.9. The molecule has 2 rings (SSSR count). The molecule has 0 aliphatic heterocycles. The van der Waals surface area contributed by atoms with Crippen molar-refractivity contribution in [3.05, 3.63) is 46.1 Å². The lowest BCUT2D eigenvalue weighted by molar-refractivity contribution is 0.0697. The molecule has 19 heavy (non-hydrogen) atoms. The minimum absolute atomic E-state index is 0.0528. The smallest absolute Gasteiger partial charge is 0.341 e. The number of nitrogens with zero attached hydrogens (tertiary/aromatic N) is 2. The molecule has 0 bridgehead atoms. The maximum atomic E-state index is 13.6. The van der Waals surface area contributed by atoms with Crippen LogP contribution in [0, 0.1) is 12.7 Å². The second kappa shape index (κ2) is 5.31. The quantitative estimate of drug-likeness (QED) is 0.906. The molecule has 5 nitrogen and oxygen atoms in total. The Morgan fingerprint density at radius 1 is 1.47 bits per heavy atom. The predicted octanol–water partition coefficient (Wildman–Crippen LogP) is 3.13. The van der Waals surface area contributed by atoms with Crippen molar-refractivity contribution in [2.75, 3.05) is 5.32 Å². The van der Waals surface area contributed by atoms with Gasteiger partial charge in [0.15, 0.2) is 0 Å². The maximum absolute atomic E-state index is 13.6. The van der Waals surface area contributed by atoms with Crippen LogP contribution in [0.1, 0.15) is 16.2 Å². The molecule has 0 aliphatic rings. The molecule has 1 aromatic carbocycles. The predicted molar refractivity (Wildman–Crippen MR) is 71.1 cm³/mol. The first-order valence-electron chi connectivity index (χ1n) is 5.26. The Morgan fingerprint density at radius 3 is 2.89 bits per heavy atom. The van der Waals surface area contributed by atoms with Crippen LogP contribution in [0.4, 0.5) is 15.9 Å². The second-order valence-electron chi connectivity index (χ2n) is 3.73. The lowest BCUT2D eigenvalue weighted by Gasteiger charge is -2.10. The van der Waals surface area contributed by atoms with Crippen molar-refractivity contribution < 1.29 is 14.3 Å². The normalized spacial score (nSPS) is 10.3. The number of nitrogens with one attached hydrogen (secondary N) is 1. The van der Waals surface area contributed by atoms with Gasteiger partial charge in [0.05, 0.1) is 5.69 Å². The van der Waals surface area contributed by atoms with E-state index in [4.69, 9.17) is 5.11 Å². The number of aromatic nitrogens is 2. The van der Waals surface area contributed by atoms with Gasteiger partial charge in [-0.15, -0.1) is 0 Å². The zero-order chi connectivity index (χ0) is 14.0. The minimum atomic E-state index is -1.18. The van der Waals surface area contributed by atoms with Crippen LogP contribution in [0.15, 0.2) is 28.9 Å². The van der Waals surface area contributed by atoms with E-state index in [1.807, 2.05) is 0 Å². The zero-order valence-electron chi connectivity index (χ0n) is 9.82. The molecule has 0 amide bonds. The number of hydrogen-bond acceptors (Lipinski definition) is 4. The number of carbonyl (C=O) groups is 1. The van der Waals surface area contributed by atoms with Gasteiger partial charge in [0.25, 0.3) is 0 Å². The topological polar surface area (TPSA) is 75.1 Å². The molecule has 1 heterocycles. The fraction of sp³-hybridized carbons (Fsp3) is 0.0833. The number of rotatable bonds is 3. The van der Waals surface area contributed by atoms with E-state index in [2.05, 4.69) is 31.2 Å². The molecule has 0 saturated carbocycles. The summed E-state index contributed by atoms with van der Waals surface area (Å²) in [5.41, 5.74) is 0.0138. The molecular weight excluding hydrogens is 317 g/mol. The summed E-state index contributed by atoms with van der Waals surface area (Å²) in [5.74, 6) is -1.24. The molecule has 2 N–H and O–H groups in total. The summed E-state index contributed by atoms with van der Waals surface area (Å²) in [7, 11) is 0. The average molecular weight is 326 g/mol. The van der Waals surface area contributed by atoms with Gasteiger partial charge in [0, 0.05) is 10.7 Å². The van der Waals surface area contributed by atoms with Crippen molar-refractivity contribution in [2.45, 2.75) is 6.92 Å². The fourth-order valence-electron chi connectivity index (χ4n) is 1.44. The Labute approximate surface area is 116 Å². The first-order chi connectivity index (χ1) is 8.97. The molecule has 1 aromatic heterocycles. The van der Waals surface area contributed by atoms with E-state index in [9.17, 15) is 9.18 Å². The van der Waals surface area contributed by atoms with E-state index < -0.39 is 11.8 Å². The van der Waals surface area contributed by atoms with Gasteiger partial charge >= 0.3 is 5.97 Å². The van der Waals surface area contributed by atoms with Crippen LogP contribution in [-0.2, 0) is 0 Å². The minimum Gasteiger partial charge on any atom is -0.477 e. The molecule has 0 atom stereocenters. The SMILES string of the molecule is Cc1ncc(C(=O)O)c(Nc2cc(Br)ccc2F)n1. The van der Waals surface area contributed by atoms with Gasteiger partial charge in [-0.25, -0.2) is 19.2 Å². The Balaban J connectivity index is 2.45. The molecule has 7 heteroatoms. The van der Waals surface area contributed by atoms with Gasteiger partial charge in [-0.2, -0.15) is 0 Å². The van der Waals surface area contributed by atoms with E-state index in [0.717, 1.165) is 0 Å². The van der Waals surface area contributed by atoms with E-state index in [0.29, 0.717) is 10.3 Å². The molecule has 0 fully saturated rings. The number of carboxylic acid groups (broad SMARTS) is 1. The summed E-state index contributed by atoms with van der Waals surface area (Å²) >= 11 is 3.22. The molecule has 0 saturated heterocycles. The van der Waals surface area contributed by atoms with Gasteiger partial charge in [0.2, 0.25) is 0 Å². The summed E-state index contributed by atoms with van der Waals surface area (Å²) < 4.78 is 14.3. The Morgan fingerprint density at radius 2 is 2.21 bits per heavy atom. The Hall–Kier alpha value is -2.02. The summed E-state index contributed by atoms with van der Waals surface area (Å²) in [4.78, 5) is 18.8. The van der Waals surface area contributed by atoms with Crippen LogP contribution >= 0.6 is 15.9 Å². The molecule has 2 aromatic rings. The fourth-order valence-corrected chi connectivity index (χ4v) is 1.80. The summed E-state index contributed by atoms with van der Waals surface area (Å²) in [6.45, 7) is 1.62. The van der Waals surface area contributed by atoms with Crippen molar-refractivity contribution in [3.63, 3.8) is 0 Å². The molecule has 0 unspecified atom stereocenters. The second-order valence-corrected chi connectivity index (χ2v) is 4.65. The van der Waals surface area contributed by atoms with Crippen molar-refractivity contribution in [2.24, 2.45) is 0 Å². The summed E-state index contributed by atoms with van der Waals surface area (Å²) in [5, 5.41) is 11.7. The van der Waals surface area contributed by atoms with Gasteiger partial charge in [-0.3, -0.25) is 0 Å². The third-order valence-corrected chi connectivity index (χ3v) is 2.81. The third-order valence-electron chi connectivity index (χ3n) is 2.32. The summed E-state index contributed by atoms with van der Waals surface area (Å²) in [6, 6.07) is 4.31. The molecule has 0 aliphatic carbocycles. The zero-order valence-corrected chi connectivity index (χ0v) is 11.4. The highest BCUT2D eigenvalue weighted by molar-refractivity contribution is 9.10. The van der Waals surface area contributed by atoms with Crippen LogP contribution in [-0.4, -0.2) is 21.0 Å². The van der Waals surface area contributed by atoms with Gasteiger partial charge in [-0.05, 0) is 25.1 Å². The molecule has 98 valence electrons. The van der Waals surface area contributed by atoms with Crippen LogP contribution in [0.2, 0.25) is 0 Å². The lowest BCUT2D eigenvalue weighted by atomic mass is 10.2. The highest BCUT2D eigenvalue weighted by Crippen LogP contribution is 2.24. The largest absolute Gasteiger partial charge is 0.477 e. The lowest BCUT2D eigenvalue weighted by Crippen LogP contribution is -2.08. The standard InChI is InChI=1S/C12H9BrFN3O2/c1-6-15-5-8(12(18)19)11(16-6)17-10-4-7(13)2-3-9(10)14/h2-5H,1H3,(H,18,19)(H,15,16,17). The number of benzene rings is 1. The first kappa shape index (κ1) is 13.4. The van der Waals surface area contributed by atoms with Gasteiger partial charge in [-0.1, -0.05) is 15.9 Å². The third kappa shape index (κ3) is 3.05. The van der Waals surface area contributed by atoms with Gasteiger partial charge in [0.1, 0.15) is 23.0 Å². The molecule has 0 radical (unpaired) electrons. The van der Waals surface area contributed by atoms with E-state index in [1.54, 1.807) is 13.0 Å². The van der Waals surface area contributed by atoms with Crippen molar-refractivity contribution in [1.29, 1.82) is 0 Å². The number of carboxylic acids is 1. The molecule has 0 spiro atoms.